The molecular formula is C21H37IN4OS. The van der Waals surface area contributed by atoms with Crippen LogP contribution in [0.15, 0.2) is 22.5 Å². The second kappa shape index (κ2) is 13.8. The highest BCUT2D eigenvalue weighted by Crippen LogP contribution is 2.28. The molecule has 160 valence electrons. The van der Waals surface area contributed by atoms with E-state index < -0.39 is 0 Å². The number of thiophene rings is 1. The van der Waals surface area contributed by atoms with Crippen molar-refractivity contribution in [3.8, 4) is 0 Å². The third-order valence-electron chi connectivity index (χ3n) is 5.22. The summed E-state index contributed by atoms with van der Waals surface area (Å²) in [7, 11) is 0. The molecule has 2 heterocycles. The van der Waals surface area contributed by atoms with Crippen molar-refractivity contribution in [3.05, 3.63) is 22.4 Å². The summed E-state index contributed by atoms with van der Waals surface area (Å²) in [6.07, 6.45) is 6.34. The first-order valence-electron chi connectivity index (χ1n) is 10.7. The molecule has 1 aliphatic heterocycles. The van der Waals surface area contributed by atoms with E-state index in [1.165, 1.54) is 37.1 Å². The van der Waals surface area contributed by atoms with Gasteiger partial charge in [-0.25, -0.2) is 0 Å². The number of aliphatic imine (C=N–C) groups is 1. The van der Waals surface area contributed by atoms with E-state index in [1.807, 2.05) is 11.3 Å². The fourth-order valence-electron chi connectivity index (χ4n) is 3.54. The van der Waals surface area contributed by atoms with Gasteiger partial charge in [0.25, 0.3) is 0 Å². The maximum atomic E-state index is 5.70. The molecule has 3 rings (SSSR count). The number of ether oxygens (including phenoxy) is 1. The molecule has 1 saturated carbocycles. The van der Waals surface area contributed by atoms with Crippen LogP contribution in [0.3, 0.4) is 0 Å². The summed E-state index contributed by atoms with van der Waals surface area (Å²) < 4.78 is 5.70. The quantitative estimate of drug-likeness (QED) is 0.201. The van der Waals surface area contributed by atoms with E-state index in [1.54, 1.807) is 0 Å². The first-order valence-corrected chi connectivity index (χ1v) is 11.6. The first-order chi connectivity index (χ1) is 13.3. The molecule has 2 aliphatic rings. The van der Waals surface area contributed by atoms with Gasteiger partial charge >= 0.3 is 0 Å². The van der Waals surface area contributed by atoms with Crippen molar-refractivity contribution >= 4 is 41.3 Å². The van der Waals surface area contributed by atoms with Gasteiger partial charge in [-0.1, -0.05) is 6.07 Å². The summed E-state index contributed by atoms with van der Waals surface area (Å²) in [6.45, 7) is 10.1. The number of nitrogens with one attached hydrogen (secondary N) is 2. The Bertz CT molecular complexity index is 551. The molecule has 2 N–H and O–H groups in total. The molecule has 0 spiro atoms. The molecule has 7 heteroatoms. The smallest absolute Gasteiger partial charge is 0.191 e. The van der Waals surface area contributed by atoms with Gasteiger partial charge in [0.05, 0.1) is 0 Å². The molecule has 1 aromatic heterocycles. The SMILES string of the molecule is CCNC(=NCC1CCCN(Cc2cccs2)C1)NCCCOCC1CC1.I. The van der Waals surface area contributed by atoms with Crippen molar-refractivity contribution < 1.29 is 4.74 Å². The standard InChI is InChI=1S/C21H36N4OS.HI/c1-2-22-21(23-10-5-12-26-17-18-8-9-18)24-14-19-6-3-11-25(15-19)16-20-7-4-13-27-20;/h4,7,13,18-19H,2-3,5-6,8-12,14-17H2,1H3,(H2,22,23,24);1H. The average Bonchev–Trinajstić information content (AvgIpc) is 3.37. The molecule has 0 amide bonds. The fraction of sp³-hybridized carbons (Fsp3) is 0.762. The minimum absolute atomic E-state index is 0. The van der Waals surface area contributed by atoms with E-state index >= 15 is 0 Å². The van der Waals surface area contributed by atoms with Crippen LogP contribution in [0.25, 0.3) is 0 Å². The summed E-state index contributed by atoms with van der Waals surface area (Å²) >= 11 is 1.86. The summed E-state index contributed by atoms with van der Waals surface area (Å²) in [5.74, 6) is 2.47. The molecule has 1 aromatic rings. The molecule has 1 saturated heterocycles. The Hall–Kier alpha value is -0.380. The number of hydrogen-bond acceptors (Lipinski definition) is 4. The normalized spacial score (nSPS) is 20.6. The van der Waals surface area contributed by atoms with Gasteiger partial charge in [0.1, 0.15) is 0 Å². The molecule has 1 atom stereocenters. The van der Waals surface area contributed by atoms with Crippen LogP contribution in [0.4, 0.5) is 0 Å². The summed E-state index contributed by atoms with van der Waals surface area (Å²) in [5.41, 5.74) is 0. The van der Waals surface area contributed by atoms with Gasteiger partial charge in [-0.2, -0.15) is 0 Å². The zero-order valence-corrected chi connectivity index (χ0v) is 20.3. The lowest BCUT2D eigenvalue weighted by molar-refractivity contribution is 0.123. The molecule has 1 unspecified atom stereocenters. The zero-order chi connectivity index (χ0) is 18.7. The molecule has 28 heavy (non-hydrogen) atoms. The van der Waals surface area contributed by atoms with Gasteiger partial charge in [-0.15, -0.1) is 35.3 Å². The van der Waals surface area contributed by atoms with E-state index in [0.717, 1.165) is 64.2 Å². The van der Waals surface area contributed by atoms with Crippen LogP contribution in [-0.4, -0.2) is 56.8 Å². The maximum Gasteiger partial charge on any atom is 0.191 e. The number of guanidine groups is 1. The minimum atomic E-state index is 0. The predicted octanol–water partition coefficient (Wildman–Crippen LogP) is 3.95. The molecule has 0 radical (unpaired) electrons. The van der Waals surface area contributed by atoms with Crippen molar-refractivity contribution in [2.75, 3.05) is 45.9 Å². The minimum Gasteiger partial charge on any atom is -0.381 e. The maximum absolute atomic E-state index is 5.70. The third kappa shape index (κ3) is 9.41. The highest BCUT2D eigenvalue weighted by atomic mass is 127. The van der Waals surface area contributed by atoms with Crippen LogP contribution in [-0.2, 0) is 11.3 Å². The van der Waals surface area contributed by atoms with Gasteiger partial charge in [0.15, 0.2) is 5.96 Å². The Kier molecular flexibility index (Phi) is 11.8. The van der Waals surface area contributed by atoms with E-state index in [4.69, 9.17) is 9.73 Å². The molecular weight excluding hydrogens is 483 g/mol. The van der Waals surface area contributed by atoms with E-state index in [2.05, 4.69) is 40.0 Å². The Morgan fingerprint density at radius 1 is 1.29 bits per heavy atom. The molecule has 0 aromatic carbocycles. The van der Waals surface area contributed by atoms with Crippen LogP contribution in [0.1, 0.15) is 43.9 Å². The molecule has 5 nitrogen and oxygen atoms in total. The number of likely N-dealkylation sites (tertiary alicyclic amines) is 1. The number of rotatable bonds is 11. The van der Waals surface area contributed by atoms with Gasteiger partial charge in [0, 0.05) is 50.8 Å². The van der Waals surface area contributed by atoms with Crippen molar-refractivity contribution in [1.82, 2.24) is 15.5 Å². The topological polar surface area (TPSA) is 48.9 Å². The molecule has 0 bridgehead atoms. The van der Waals surface area contributed by atoms with Crippen molar-refractivity contribution in [1.29, 1.82) is 0 Å². The second-order valence-electron chi connectivity index (χ2n) is 7.84. The monoisotopic (exact) mass is 520 g/mol. The van der Waals surface area contributed by atoms with Gasteiger partial charge in [-0.3, -0.25) is 9.89 Å². The number of nitrogens with zero attached hydrogens (tertiary/aromatic N) is 2. The third-order valence-corrected chi connectivity index (χ3v) is 6.08. The van der Waals surface area contributed by atoms with Crippen LogP contribution in [0, 0.1) is 11.8 Å². The number of piperidine rings is 1. The predicted molar refractivity (Wildman–Crippen MR) is 130 cm³/mol. The fourth-order valence-corrected chi connectivity index (χ4v) is 4.29. The van der Waals surface area contributed by atoms with Gasteiger partial charge < -0.3 is 15.4 Å². The lowest BCUT2D eigenvalue weighted by atomic mass is 9.98. The van der Waals surface area contributed by atoms with E-state index in [9.17, 15) is 0 Å². The lowest BCUT2D eigenvalue weighted by Gasteiger charge is -2.31. The Morgan fingerprint density at radius 3 is 2.93 bits per heavy atom. The summed E-state index contributed by atoms with van der Waals surface area (Å²) in [6, 6.07) is 4.39. The van der Waals surface area contributed by atoms with Crippen LogP contribution < -0.4 is 10.6 Å². The first kappa shape index (κ1) is 23.9. The second-order valence-corrected chi connectivity index (χ2v) is 8.87. The van der Waals surface area contributed by atoms with Gasteiger partial charge in [-0.05, 0) is 68.9 Å². The van der Waals surface area contributed by atoms with Crippen molar-refractivity contribution in [2.24, 2.45) is 16.8 Å². The lowest BCUT2D eigenvalue weighted by Crippen LogP contribution is -2.40. The number of halogens is 1. The Morgan fingerprint density at radius 2 is 2.18 bits per heavy atom. The number of hydrogen-bond donors (Lipinski definition) is 2. The summed E-state index contributed by atoms with van der Waals surface area (Å²) in [5, 5.41) is 9.01. The zero-order valence-electron chi connectivity index (χ0n) is 17.2. The van der Waals surface area contributed by atoms with E-state index in [0.29, 0.717) is 5.92 Å². The largest absolute Gasteiger partial charge is 0.381 e. The Labute approximate surface area is 191 Å². The highest BCUT2D eigenvalue weighted by Gasteiger charge is 2.21. The highest BCUT2D eigenvalue weighted by molar-refractivity contribution is 14.0. The van der Waals surface area contributed by atoms with E-state index in [-0.39, 0.29) is 24.0 Å². The van der Waals surface area contributed by atoms with Crippen LogP contribution in [0.5, 0.6) is 0 Å². The molecule has 2 fully saturated rings. The Balaban J connectivity index is 0.00000280. The van der Waals surface area contributed by atoms with Crippen molar-refractivity contribution in [3.63, 3.8) is 0 Å². The van der Waals surface area contributed by atoms with Crippen LogP contribution >= 0.6 is 35.3 Å². The van der Waals surface area contributed by atoms with Gasteiger partial charge in [0.2, 0.25) is 0 Å². The molecule has 1 aliphatic carbocycles. The summed E-state index contributed by atoms with van der Waals surface area (Å²) in [4.78, 5) is 8.91. The van der Waals surface area contributed by atoms with Crippen molar-refractivity contribution in [2.45, 2.75) is 45.6 Å². The van der Waals surface area contributed by atoms with Crippen LogP contribution in [0.2, 0.25) is 0 Å². The average molecular weight is 521 g/mol.